The second kappa shape index (κ2) is 8.50. The highest BCUT2D eigenvalue weighted by Gasteiger charge is 2.23. The molecule has 1 aromatic rings. The van der Waals surface area contributed by atoms with Crippen molar-refractivity contribution in [3.05, 3.63) is 24.3 Å². The number of amides is 3. The first-order chi connectivity index (χ1) is 10.4. The van der Waals surface area contributed by atoms with Crippen LogP contribution in [0.2, 0.25) is 0 Å². The molecule has 0 spiro atoms. The molecule has 120 valence electrons. The fourth-order valence-corrected chi connectivity index (χ4v) is 1.49. The Balaban J connectivity index is 2.46. The molecule has 5 N–H and O–H groups in total. The number of nitrogens with two attached hydrogens (primary N) is 2. The monoisotopic (exact) mass is 309 g/mol. The molecular formula is C14H19N3O5. The quantitative estimate of drug-likeness (QED) is 0.519. The number of hydrogen-bond acceptors (Lipinski definition) is 5. The lowest BCUT2D eigenvalue weighted by atomic mass is 10.2. The van der Waals surface area contributed by atoms with Crippen LogP contribution in [-0.2, 0) is 14.4 Å². The van der Waals surface area contributed by atoms with Gasteiger partial charge in [-0.1, -0.05) is 6.92 Å². The van der Waals surface area contributed by atoms with E-state index in [1.807, 2.05) is 6.92 Å². The molecule has 3 amide bonds. The predicted octanol–water partition coefficient (Wildman–Crippen LogP) is -0.690. The van der Waals surface area contributed by atoms with Gasteiger partial charge in [-0.3, -0.25) is 14.4 Å². The Morgan fingerprint density at radius 1 is 1.05 bits per heavy atom. The Labute approximate surface area is 127 Å². The van der Waals surface area contributed by atoms with Gasteiger partial charge < -0.3 is 26.3 Å². The van der Waals surface area contributed by atoms with Crippen molar-refractivity contribution in [3.63, 3.8) is 0 Å². The standard InChI is InChI=1S/C14H19N3O5/c1-2-7-21-9-3-5-10(6-4-9)22-8-11(18)17-12(13(15)19)14(16)20/h3-6,12H,2,7-8H2,1H3,(H2,15,19)(H2,16,20)(H,17,18). The lowest BCUT2D eigenvalue weighted by Gasteiger charge is -2.12. The maximum atomic E-state index is 11.6. The van der Waals surface area contributed by atoms with Gasteiger partial charge in [-0.15, -0.1) is 0 Å². The van der Waals surface area contributed by atoms with Crippen molar-refractivity contribution in [1.82, 2.24) is 5.32 Å². The third-order valence-electron chi connectivity index (χ3n) is 2.54. The van der Waals surface area contributed by atoms with Crippen LogP contribution in [0.15, 0.2) is 24.3 Å². The van der Waals surface area contributed by atoms with Crippen LogP contribution in [0, 0.1) is 0 Å². The molecule has 8 nitrogen and oxygen atoms in total. The molecule has 0 aliphatic carbocycles. The van der Waals surface area contributed by atoms with Gasteiger partial charge in [0.2, 0.25) is 11.8 Å². The molecule has 0 heterocycles. The van der Waals surface area contributed by atoms with Crippen LogP contribution in [-0.4, -0.2) is 37.0 Å². The van der Waals surface area contributed by atoms with E-state index in [0.29, 0.717) is 18.1 Å². The van der Waals surface area contributed by atoms with Gasteiger partial charge in [-0.2, -0.15) is 0 Å². The number of nitrogens with one attached hydrogen (secondary N) is 1. The van der Waals surface area contributed by atoms with Crippen molar-refractivity contribution >= 4 is 17.7 Å². The summed E-state index contributed by atoms with van der Waals surface area (Å²) in [6, 6.07) is 5.13. The van der Waals surface area contributed by atoms with Crippen molar-refractivity contribution in [3.8, 4) is 11.5 Å². The van der Waals surface area contributed by atoms with Crippen molar-refractivity contribution in [1.29, 1.82) is 0 Å². The van der Waals surface area contributed by atoms with Gasteiger partial charge in [-0.05, 0) is 30.7 Å². The Kier molecular flexibility index (Phi) is 6.68. The van der Waals surface area contributed by atoms with E-state index in [9.17, 15) is 14.4 Å². The first kappa shape index (κ1) is 17.3. The number of benzene rings is 1. The molecule has 0 unspecified atom stereocenters. The molecule has 1 aromatic carbocycles. The molecular weight excluding hydrogens is 290 g/mol. The second-order valence-corrected chi connectivity index (χ2v) is 4.41. The van der Waals surface area contributed by atoms with E-state index in [1.54, 1.807) is 24.3 Å². The summed E-state index contributed by atoms with van der Waals surface area (Å²) in [5.41, 5.74) is 9.88. The van der Waals surface area contributed by atoms with Crippen molar-refractivity contribution < 1.29 is 23.9 Å². The Morgan fingerprint density at radius 2 is 1.55 bits per heavy atom. The molecule has 0 saturated heterocycles. The minimum absolute atomic E-state index is 0.383. The molecule has 0 bridgehead atoms. The summed E-state index contributed by atoms with van der Waals surface area (Å²) in [5, 5.41) is 2.09. The Hall–Kier alpha value is -2.77. The summed E-state index contributed by atoms with van der Waals surface area (Å²) in [7, 11) is 0. The van der Waals surface area contributed by atoms with Crippen LogP contribution < -0.4 is 26.3 Å². The van der Waals surface area contributed by atoms with Crippen LogP contribution in [0.3, 0.4) is 0 Å². The van der Waals surface area contributed by atoms with E-state index in [-0.39, 0.29) is 6.61 Å². The summed E-state index contributed by atoms with van der Waals surface area (Å²) in [6.45, 7) is 2.23. The Bertz CT molecular complexity index is 516. The van der Waals surface area contributed by atoms with Crippen molar-refractivity contribution in [2.45, 2.75) is 19.4 Å². The maximum absolute atomic E-state index is 11.6. The average molecular weight is 309 g/mol. The first-order valence-electron chi connectivity index (χ1n) is 6.67. The highest BCUT2D eigenvalue weighted by atomic mass is 16.5. The van der Waals surface area contributed by atoms with E-state index in [2.05, 4.69) is 5.32 Å². The van der Waals surface area contributed by atoms with E-state index in [1.165, 1.54) is 0 Å². The molecule has 22 heavy (non-hydrogen) atoms. The third kappa shape index (κ3) is 5.70. The molecule has 1 rings (SSSR count). The van der Waals surface area contributed by atoms with Crippen LogP contribution in [0.4, 0.5) is 0 Å². The van der Waals surface area contributed by atoms with Gasteiger partial charge in [0.25, 0.3) is 5.91 Å². The molecule has 0 saturated carbocycles. The van der Waals surface area contributed by atoms with Gasteiger partial charge in [-0.25, -0.2) is 0 Å². The largest absolute Gasteiger partial charge is 0.494 e. The molecule has 0 aliphatic rings. The topological polar surface area (TPSA) is 134 Å². The normalized spacial score (nSPS) is 10.1. The van der Waals surface area contributed by atoms with Crippen LogP contribution in [0.1, 0.15) is 13.3 Å². The predicted molar refractivity (Wildman–Crippen MR) is 78.0 cm³/mol. The summed E-state index contributed by atoms with van der Waals surface area (Å²) < 4.78 is 10.6. The summed E-state index contributed by atoms with van der Waals surface area (Å²) in [6.07, 6.45) is 0.902. The number of hydrogen-bond donors (Lipinski definition) is 3. The molecule has 0 aromatic heterocycles. The third-order valence-corrected chi connectivity index (χ3v) is 2.54. The van der Waals surface area contributed by atoms with Gasteiger partial charge in [0.05, 0.1) is 6.61 Å². The summed E-state index contributed by atoms with van der Waals surface area (Å²) in [5.74, 6) is -1.61. The SMILES string of the molecule is CCCOc1ccc(OCC(=O)NC(C(N)=O)C(N)=O)cc1. The van der Waals surface area contributed by atoms with Gasteiger partial charge >= 0.3 is 0 Å². The van der Waals surface area contributed by atoms with E-state index >= 15 is 0 Å². The Morgan fingerprint density at radius 3 is 2.00 bits per heavy atom. The number of carbonyl (C=O) groups is 3. The minimum atomic E-state index is -1.55. The van der Waals surface area contributed by atoms with Crippen molar-refractivity contribution in [2.24, 2.45) is 11.5 Å². The molecule has 0 radical (unpaired) electrons. The zero-order valence-corrected chi connectivity index (χ0v) is 12.2. The maximum Gasteiger partial charge on any atom is 0.258 e. The molecule has 0 atom stereocenters. The van der Waals surface area contributed by atoms with E-state index < -0.39 is 23.8 Å². The van der Waals surface area contributed by atoms with Crippen LogP contribution in [0.5, 0.6) is 11.5 Å². The lowest BCUT2D eigenvalue weighted by molar-refractivity contribution is -0.134. The number of rotatable bonds is 9. The smallest absolute Gasteiger partial charge is 0.258 e. The summed E-state index contributed by atoms with van der Waals surface area (Å²) >= 11 is 0. The highest BCUT2D eigenvalue weighted by Crippen LogP contribution is 2.17. The van der Waals surface area contributed by atoms with Crippen LogP contribution in [0.25, 0.3) is 0 Å². The number of carbonyl (C=O) groups excluding carboxylic acids is 3. The van der Waals surface area contributed by atoms with Gasteiger partial charge in [0.1, 0.15) is 11.5 Å². The fraction of sp³-hybridized carbons (Fsp3) is 0.357. The summed E-state index contributed by atoms with van der Waals surface area (Å²) in [4.78, 5) is 33.4. The first-order valence-corrected chi connectivity index (χ1v) is 6.67. The zero-order valence-electron chi connectivity index (χ0n) is 12.2. The minimum Gasteiger partial charge on any atom is -0.494 e. The second-order valence-electron chi connectivity index (χ2n) is 4.41. The van der Waals surface area contributed by atoms with Crippen molar-refractivity contribution in [2.75, 3.05) is 13.2 Å². The molecule has 0 aliphatic heterocycles. The fourth-order valence-electron chi connectivity index (χ4n) is 1.49. The molecule has 8 heteroatoms. The highest BCUT2D eigenvalue weighted by molar-refractivity contribution is 6.05. The lowest BCUT2D eigenvalue weighted by Crippen LogP contribution is -2.53. The van der Waals surface area contributed by atoms with Crippen LogP contribution >= 0.6 is 0 Å². The molecule has 0 fully saturated rings. The van der Waals surface area contributed by atoms with Gasteiger partial charge in [0, 0.05) is 0 Å². The average Bonchev–Trinajstić information content (AvgIpc) is 2.49. The van der Waals surface area contributed by atoms with E-state index in [0.717, 1.165) is 6.42 Å². The zero-order chi connectivity index (χ0) is 16.5. The van der Waals surface area contributed by atoms with E-state index in [4.69, 9.17) is 20.9 Å². The number of ether oxygens (including phenoxy) is 2. The number of primary amides is 2. The van der Waals surface area contributed by atoms with Gasteiger partial charge in [0.15, 0.2) is 12.6 Å².